The number of hydrogen-bond acceptors (Lipinski definition) is 7. The van der Waals surface area contributed by atoms with Gasteiger partial charge in [0.05, 0.1) is 30.2 Å². The van der Waals surface area contributed by atoms with E-state index in [1.54, 1.807) is 28.2 Å². The van der Waals surface area contributed by atoms with E-state index in [2.05, 4.69) is 5.32 Å². The summed E-state index contributed by atoms with van der Waals surface area (Å²) in [7, 11) is -3.13. The second kappa shape index (κ2) is 11.0. The molecule has 0 saturated carbocycles. The molecule has 3 rings (SSSR count). The molecule has 3 amide bonds. The van der Waals surface area contributed by atoms with Crippen LogP contribution in [-0.4, -0.2) is 79.9 Å². The number of furan rings is 1. The summed E-state index contributed by atoms with van der Waals surface area (Å²) in [6, 6.07) is 2.94. The number of nitrogens with one attached hydrogen (secondary N) is 1. The highest BCUT2D eigenvalue weighted by molar-refractivity contribution is 7.91. The van der Waals surface area contributed by atoms with E-state index in [-0.39, 0.29) is 41.3 Å². The van der Waals surface area contributed by atoms with E-state index in [0.717, 1.165) is 0 Å². The molecule has 3 heterocycles. The predicted octanol–water partition coefficient (Wildman–Crippen LogP) is 1.42. The van der Waals surface area contributed by atoms with Gasteiger partial charge in [-0.15, -0.1) is 0 Å². The van der Waals surface area contributed by atoms with E-state index in [0.29, 0.717) is 51.2 Å². The van der Waals surface area contributed by atoms with E-state index in [1.807, 2.05) is 13.8 Å². The standard InChI is InChI=1S/C22H33N3O7S/c1-16(2)13-25(18-7-11-33(29,30)15-18)20(26)14-32-21(27)17-5-8-24(9-6-17)22(28)23-12-19-4-3-10-31-19/h3-4,10,16-18H,5-9,11-15H2,1-2H3,(H,23,28). The van der Waals surface area contributed by atoms with Gasteiger partial charge in [-0.3, -0.25) is 9.59 Å². The smallest absolute Gasteiger partial charge is 0.317 e. The maximum atomic E-state index is 12.8. The summed E-state index contributed by atoms with van der Waals surface area (Å²) in [6.07, 6.45) is 2.87. The molecule has 10 nitrogen and oxygen atoms in total. The van der Waals surface area contributed by atoms with Crippen molar-refractivity contribution in [3.63, 3.8) is 0 Å². The van der Waals surface area contributed by atoms with Gasteiger partial charge in [0, 0.05) is 25.7 Å². The third-order valence-corrected chi connectivity index (χ3v) is 7.73. The molecule has 0 radical (unpaired) electrons. The van der Waals surface area contributed by atoms with Crippen molar-refractivity contribution < 1.29 is 32.0 Å². The van der Waals surface area contributed by atoms with Crippen LogP contribution in [0.4, 0.5) is 4.79 Å². The second-order valence-electron chi connectivity index (χ2n) is 9.10. The highest BCUT2D eigenvalue weighted by Gasteiger charge is 2.35. The molecular weight excluding hydrogens is 450 g/mol. The van der Waals surface area contributed by atoms with Crippen LogP contribution < -0.4 is 5.32 Å². The van der Waals surface area contributed by atoms with Crippen molar-refractivity contribution >= 4 is 27.7 Å². The summed E-state index contributed by atoms with van der Waals surface area (Å²) >= 11 is 0. The molecule has 2 aliphatic heterocycles. The fourth-order valence-electron chi connectivity index (χ4n) is 4.21. The number of rotatable bonds is 8. The van der Waals surface area contributed by atoms with Gasteiger partial charge in [-0.1, -0.05) is 13.8 Å². The van der Waals surface area contributed by atoms with E-state index >= 15 is 0 Å². The molecular formula is C22H33N3O7S. The zero-order chi connectivity index (χ0) is 24.0. The molecule has 33 heavy (non-hydrogen) atoms. The predicted molar refractivity (Wildman–Crippen MR) is 120 cm³/mol. The lowest BCUT2D eigenvalue weighted by Crippen LogP contribution is -2.46. The lowest BCUT2D eigenvalue weighted by atomic mass is 9.97. The Morgan fingerprint density at radius 1 is 1.24 bits per heavy atom. The molecule has 1 unspecified atom stereocenters. The zero-order valence-electron chi connectivity index (χ0n) is 19.2. The molecule has 1 aromatic rings. The number of esters is 1. The molecule has 0 bridgehead atoms. The second-order valence-corrected chi connectivity index (χ2v) is 11.3. The fraction of sp³-hybridized carbons (Fsp3) is 0.682. The minimum atomic E-state index is -3.13. The first-order valence-electron chi connectivity index (χ1n) is 11.4. The van der Waals surface area contributed by atoms with Crippen LogP contribution in [0.1, 0.15) is 38.9 Å². The Balaban J connectivity index is 1.43. The molecule has 0 aromatic carbocycles. The maximum Gasteiger partial charge on any atom is 0.317 e. The molecule has 2 fully saturated rings. The zero-order valence-corrected chi connectivity index (χ0v) is 20.0. The molecule has 2 saturated heterocycles. The van der Waals surface area contributed by atoms with Gasteiger partial charge in [-0.25, -0.2) is 13.2 Å². The van der Waals surface area contributed by atoms with Crippen LogP contribution in [0.15, 0.2) is 22.8 Å². The van der Waals surface area contributed by atoms with Gasteiger partial charge in [0.1, 0.15) is 5.76 Å². The summed E-state index contributed by atoms with van der Waals surface area (Å²) in [5.74, 6) is -0.342. The van der Waals surface area contributed by atoms with E-state index in [9.17, 15) is 22.8 Å². The average Bonchev–Trinajstić information content (AvgIpc) is 3.43. The van der Waals surface area contributed by atoms with Crippen molar-refractivity contribution in [2.45, 2.75) is 45.7 Å². The Morgan fingerprint density at radius 2 is 1.97 bits per heavy atom. The molecule has 1 atom stereocenters. The number of sulfone groups is 1. The quantitative estimate of drug-likeness (QED) is 0.554. The van der Waals surface area contributed by atoms with Gasteiger partial charge in [-0.2, -0.15) is 0 Å². The first-order chi connectivity index (χ1) is 15.6. The number of likely N-dealkylation sites (tertiary alicyclic amines) is 1. The van der Waals surface area contributed by atoms with Gasteiger partial charge in [0.25, 0.3) is 5.91 Å². The molecule has 0 spiro atoms. The number of ether oxygens (including phenoxy) is 1. The average molecular weight is 484 g/mol. The van der Waals surface area contributed by atoms with Crippen LogP contribution >= 0.6 is 0 Å². The van der Waals surface area contributed by atoms with Gasteiger partial charge in [0.2, 0.25) is 0 Å². The largest absolute Gasteiger partial charge is 0.467 e. The van der Waals surface area contributed by atoms with Crippen molar-refractivity contribution in [1.82, 2.24) is 15.1 Å². The number of carbonyl (C=O) groups is 3. The first-order valence-corrected chi connectivity index (χ1v) is 13.2. The minimum Gasteiger partial charge on any atom is -0.467 e. The third-order valence-electron chi connectivity index (χ3n) is 5.98. The van der Waals surface area contributed by atoms with Crippen LogP contribution in [0.2, 0.25) is 0 Å². The summed E-state index contributed by atoms with van der Waals surface area (Å²) < 4.78 is 34.2. The highest BCUT2D eigenvalue weighted by Crippen LogP contribution is 2.21. The van der Waals surface area contributed by atoms with Gasteiger partial charge in [0.15, 0.2) is 16.4 Å². The van der Waals surface area contributed by atoms with Crippen LogP contribution in [0, 0.1) is 11.8 Å². The van der Waals surface area contributed by atoms with Crippen LogP contribution in [-0.2, 0) is 30.7 Å². The summed E-state index contributed by atoms with van der Waals surface area (Å²) in [5.41, 5.74) is 0. The Kier molecular flexibility index (Phi) is 8.39. The SMILES string of the molecule is CC(C)CN(C(=O)COC(=O)C1CCN(C(=O)NCc2ccco2)CC1)C1CCS(=O)(=O)C1. The van der Waals surface area contributed by atoms with Crippen LogP contribution in [0.25, 0.3) is 0 Å². The topological polar surface area (TPSA) is 126 Å². The Hall–Kier alpha value is -2.56. The highest BCUT2D eigenvalue weighted by atomic mass is 32.2. The molecule has 1 N–H and O–H groups in total. The molecule has 0 aliphatic carbocycles. The van der Waals surface area contributed by atoms with Gasteiger partial charge >= 0.3 is 12.0 Å². The molecule has 11 heteroatoms. The van der Waals surface area contributed by atoms with E-state index in [4.69, 9.17) is 9.15 Å². The van der Waals surface area contributed by atoms with Crippen molar-refractivity contribution in [1.29, 1.82) is 0 Å². The van der Waals surface area contributed by atoms with Crippen LogP contribution in [0.3, 0.4) is 0 Å². The Labute approximate surface area is 194 Å². The van der Waals surface area contributed by atoms with Gasteiger partial charge in [-0.05, 0) is 37.3 Å². The lowest BCUT2D eigenvalue weighted by molar-refractivity contribution is -0.157. The number of nitrogens with zero attached hydrogens (tertiary/aromatic N) is 2. The lowest BCUT2D eigenvalue weighted by Gasteiger charge is -2.32. The maximum absolute atomic E-state index is 12.8. The molecule has 1 aromatic heterocycles. The number of amides is 3. The number of urea groups is 1. The molecule has 2 aliphatic rings. The van der Waals surface area contributed by atoms with Gasteiger partial charge < -0.3 is 24.3 Å². The number of hydrogen-bond donors (Lipinski definition) is 1. The fourth-order valence-corrected chi connectivity index (χ4v) is 5.94. The number of carbonyl (C=O) groups excluding carboxylic acids is 3. The normalized spacial score (nSPS) is 20.6. The monoisotopic (exact) mass is 483 g/mol. The van der Waals surface area contributed by atoms with Crippen molar-refractivity contribution in [2.75, 3.05) is 37.7 Å². The Bertz CT molecular complexity index is 922. The summed E-state index contributed by atoms with van der Waals surface area (Å²) in [5, 5.41) is 2.78. The Morgan fingerprint density at radius 3 is 2.55 bits per heavy atom. The van der Waals surface area contributed by atoms with Crippen molar-refractivity contribution in [2.24, 2.45) is 11.8 Å². The third kappa shape index (κ3) is 7.21. The minimum absolute atomic E-state index is 0.0418. The first kappa shape index (κ1) is 25.1. The summed E-state index contributed by atoms with van der Waals surface area (Å²) in [4.78, 5) is 40.7. The van der Waals surface area contributed by atoms with Crippen LogP contribution in [0.5, 0.6) is 0 Å². The van der Waals surface area contributed by atoms with Crippen molar-refractivity contribution in [3.8, 4) is 0 Å². The van der Waals surface area contributed by atoms with Crippen molar-refractivity contribution in [3.05, 3.63) is 24.2 Å². The van der Waals surface area contributed by atoms with E-state index in [1.165, 1.54) is 0 Å². The van der Waals surface area contributed by atoms with E-state index < -0.39 is 22.4 Å². The number of piperidine rings is 1. The molecule has 184 valence electrons. The summed E-state index contributed by atoms with van der Waals surface area (Å²) in [6.45, 7) is 5.05.